The number of guanidine groups is 1. The molecule has 1 atom stereocenters. The Morgan fingerprint density at radius 2 is 2.00 bits per heavy atom. The number of hydrogen-bond acceptors (Lipinski definition) is 4. The Morgan fingerprint density at radius 3 is 2.60 bits per heavy atom. The average molecular weight is 360 g/mol. The van der Waals surface area contributed by atoms with Crippen LogP contribution < -0.4 is 16.0 Å². The number of anilines is 1. The summed E-state index contributed by atoms with van der Waals surface area (Å²) in [6, 6.07) is 11.8. The lowest BCUT2D eigenvalue weighted by molar-refractivity contribution is 0.187. The van der Waals surface area contributed by atoms with Gasteiger partial charge in [-0.1, -0.05) is 25.1 Å². The topological polar surface area (TPSA) is 74.8 Å². The smallest absolute Gasteiger partial charge is 0.411 e. The highest BCUT2D eigenvalue weighted by Crippen LogP contribution is 2.19. The molecule has 7 heteroatoms. The van der Waals surface area contributed by atoms with Crippen molar-refractivity contribution in [1.82, 2.24) is 10.6 Å². The fraction of sp³-hybridized carbons (Fsp3) is 0.333. The lowest BCUT2D eigenvalue weighted by Gasteiger charge is -2.15. The number of rotatable bonds is 6. The van der Waals surface area contributed by atoms with Gasteiger partial charge in [-0.05, 0) is 29.1 Å². The van der Waals surface area contributed by atoms with Crippen molar-refractivity contribution in [3.8, 4) is 0 Å². The van der Waals surface area contributed by atoms with Crippen LogP contribution in [0.4, 0.5) is 10.5 Å². The molecule has 1 aromatic heterocycles. The molecule has 134 valence electrons. The predicted molar refractivity (Wildman–Crippen MR) is 103 cm³/mol. The highest BCUT2D eigenvalue weighted by Gasteiger charge is 2.07. The average Bonchev–Trinajstić information content (AvgIpc) is 3.17. The van der Waals surface area contributed by atoms with E-state index < -0.39 is 6.09 Å². The van der Waals surface area contributed by atoms with Crippen molar-refractivity contribution < 1.29 is 9.53 Å². The lowest BCUT2D eigenvalue weighted by Crippen LogP contribution is -2.38. The Bertz CT molecular complexity index is 684. The molecule has 0 saturated carbocycles. The quantitative estimate of drug-likeness (QED) is 0.545. The van der Waals surface area contributed by atoms with E-state index in [0.29, 0.717) is 18.2 Å². The second-order valence-electron chi connectivity index (χ2n) is 5.54. The van der Waals surface area contributed by atoms with Crippen molar-refractivity contribution in [3.63, 3.8) is 0 Å². The number of amides is 1. The Balaban J connectivity index is 1.79. The van der Waals surface area contributed by atoms with Crippen LogP contribution in [0.25, 0.3) is 0 Å². The van der Waals surface area contributed by atoms with Crippen LogP contribution in [0, 0.1) is 0 Å². The second-order valence-corrected chi connectivity index (χ2v) is 6.52. The van der Waals surface area contributed by atoms with Gasteiger partial charge >= 0.3 is 6.09 Å². The number of hydrogen-bond donors (Lipinski definition) is 3. The molecule has 1 heterocycles. The third kappa shape index (κ3) is 6.11. The molecule has 0 aliphatic heterocycles. The van der Waals surface area contributed by atoms with Crippen LogP contribution in [0.3, 0.4) is 0 Å². The molecule has 6 nitrogen and oxygen atoms in total. The monoisotopic (exact) mass is 360 g/mol. The Morgan fingerprint density at radius 1 is 1.24 bits per heavy atom. The van der Waals surface area contributed by atoms with Crippen LogP contribution in [0.1, 0.15) is 23.3 Å². The van der Waals surface area contributed by atoms with Crippen LogP contribution in [0.5, 0.6) is 0 Å². The number of thiophene rings is 1. The van der Waals surface area contributed by atoms with Crippen LogP contribution in [0.15, 0.2) is 46.8 Å². The van der Waals surface area contributed by atoms with E-state index in [0.717, 1.165) is 18.1 Å². The fourth-order valence-electron chi connectivity index (χ4n) is 2.20. The normalized spacial score (nSPS) is 12.4. The van der Waals surface area contributed by atoms with Gasteiger partial charge in [0.1, 0.15) is 0 Å². The molecular formula is C18H24N4O2S. The van der Waals surface area contributed by atoms with Crippen molar-refractivity contribution in [2.24, 2.45) is 4.99 Å². The minimum atomic E-state index is -0.477. The standard InChI is InChI=1S/C18H24N4O2S/c1-13(16-5-4-10-25-16)11-20-17(19-2)21-12-14-6-8-15(9-7-14)22-18(23)24-3/h4-10,13H,11-12H2,1-3H3,(H,22,23)(H2,19,20,21). The first-order chi connectivity index (χ1) is 12.1. The number of methoxy groups -OCH3 is 1. The van der Waals surface area contributed by atoms with Crippen LogP contribution in [-0.4, -0.2) is 32.8 Å². The number of nitrogens with zero attached hydrogens (tertiary/aromatic N) is 1. The largest absolute Gasteiger partial charge is 0.453 e. The summed E-state index contributed by atoms with van der Waals surface area (Å²) < 4.78 is 4.57. The van der Waals surface area contributed by atoms with Gasteiger partial charge in [0.05, 0.1) is 7.11 Å². The molecule has 3 N–H and O–H groups in total. The first-order valence-electron chi connectivity index (χ1n) is 8.04. The zero-order valence-corrected chi connectivity index (χ0v) is 15.5. The maximum Gasteiger partial charge on any atom is 0.411 e. The van der Waals surface area contributed by atoms with Gasteiger partial charge in [0.2, 0.25) is 0 Å². The van der Waals surface area contributed by atoms with Gasteiger partial charge in [0.15, 0.2) is 5.96 Å². The summed E-state index contributed by atoms with van der Waals surface area (Å²) in [5, 5.41) is 11.4. The van der Waals surface area contributed by atoms with E-state index in [9.17, 15) is 4.79 Å². The SMILES string of the molecule is CN=C(NCc1ccc(NC(=O)OC)cc1)NCC(C)c1cccs1. The van der Waals surface area contributed by atoms with Crippen molar-refractivity contribution in [2.75, 3.05) is 26.0 Å². The minimum Gasteiger partial charge on any atom is -0.453 e. The molecule has 2 aromatic rings. The Hall–Kier alpha value is -2.54. The number of nitrogens with one attached hydrogen (secondary N) is 3. The van der Waals surface area contributed by atoms with E-state index in [1.54, 1.807) is 18.4 Å². The summed E-state index contributed by atoms with van der Waals surface area (Å²) in [5.74, 6) is 1.20. The maximum atomic E-state index is 11.2. The molecule has 0 radical (unpaired) electrons. The van der Waals surface area contributed by atoms with E-state index in [-0.39, 0.29) is 0 Å². The van der Waals surface area contributed by atoms with Crippen molar-refractivity contribution >= 4 is 29.1 Å². The number of carbonyl (C=O) groups excluding carboxylic acids is 1. The molecule has 0 saturated heterocycles. The van der Waals surface area contributed by atoms with Crippen LogP contribution >= 0.6 is 11.3 Å². The second kappa shape index (κ2) is 9.68. The highest BCUT2D eigenvalue weighted by molar-refractivity contribution is 7.10. The molecule has 0 aliphatic rings. The molecule has 1 unspecified atom stereocenters. The van der Waals surface area contributed by atoms with Gasteiger partial charge < -0.3 is 15.4 Å². The van der Waals surface area contributed by atoms with Crippen LogP contribution in [0.2, 0.25) is 0 Å². The van der Waals surface area contributed by atoms with Gasteiger partial charge in [-0.25, -0.2) is 4.79 Å². The zero-order valence-electron chi connectivity index (χ0n) is 14.7. The summed E-state index contributed by atoms with van der Waals surface area (Å²) >= 11 is 1.77. The first-order valence-corrected chi connectivity index (χ1v) is 8.92. The third-order valence-corrected chi connectivity index (χ3v) is 4.78. The third-order valence-electron chi connectivity index (χ3n) is 3.67. The van der Waals surface area contributed by atoms with Crippen LogP contribution in [-0.2, 0) is 11.3 Å². The lowest BCUT2D eigenvalue weighted by atomic mass is 10.1. The Labute approximate surface area is 152 Å². The van der Waals surface area contributed by atoms with Gasteiger partial charge in [0, 0.05) is 36.6 Å². The molecule has 0 spiro atoms. The van der Waals surface area contributed by atoms with E-state index >= 15 is 0 Å². The molecule has 0 fully saturated rings. The highest BCUT2D eigenvalue weighted by atomic mass is 32.1. The molecule has 2 rings (SSSR count). The van der Waals surface area contributed by atoms with Gasteiger partial charge in [-0.15, -0.1) is 11.3 Å². The molecular weight excluding hydrogens is 336 g/mol. The van der Waals surface area contributed by atoms with Crippen molar-refractivity contribution in [2.45, 2.75) is 19.4 Å². The molecule has 1 amide bonds. The van der Waals surface area contributed by atoms with Crippen molar-refractivity contribution in [1.29, 1.82) is 0 Å². The molecule has 1 aromatic carbocycles. The van der Waals surface area contributed by atoms with Gasteiger partial charge in [0.25, 0.3) is 0 Å². The van der Waals surface area contributed by atoms with E-state index in [4.69, 9.17) is 0 Å². The number of carbonyl (C=O) groups is 1. The van der Waals surface area contributed by atoms with E-state index in [1.807, 2.05) is 24.3 Å². The van der Waals surface area contributed by atoms with E-state index in [2.05, 4.69) is 50.1 Å². The van der Waals surface area contributed by atoms with Gasteiger partial charge in [-0.2, -0.15) is 0 Å². The predicted octanol–water partition coefficient (Wildman–Crippen LogP) is 3.40. The maximum absolute atomic E-state index is 11.2. The summed E-state index contributed by atoms with van der Waals surface area (Å²) in [7, 11) is 3.10. The Kier molecular flexibility index (Phi) is 7.28. The van der Waals surface area contributed by atoms with Gasteiger partial charge in [-0.3, -0.25) is 10.3 Å². The molecule has 0 bridgehead atoms. The summed E-state index contributed by atoms with van der Waals surface area (Å²) in [4.78, 5) is 16.8. The summed E-state index contributed by atoms with van der Waals surface area (Å²) in [5.41, 5.74) is 1.78. The minimum absolute atomic E-state index is 0.433. The first kappa shape index (κ1) is 18.8. The zero-order chi connectivity index (χ0) is 18.1. The fourth-order valence-corrected chi connectivity index (χ4v) is 2.99. The van der Waals surface area contributed by atoms with Crippen molar-refractivity contribution in [3.05, 3.63) is 52.2 Å². The number of aliphatic imine (C=N–C) groups is 1. The molecule has 25 heavy (non-hydrogen) atoms. The summed E-state index contributed by atoms with van der Waals surface area (Å²) in [6.45, 7) is 3.66. The number of benzene rings is 1. The van der Waals surface area contributed by atoms with E-state index in [1.165, 1.54) is 12.0 Å². The molecule has 0 aliphatic carbocycles. The number of ether oxygens (including phenoxy) is 1. The summed E-state index contributed by atoms with van der Waals surface area (Å²) in [6.07, 6.45) is -0.477.